The largest absolute Gasteiger partial charge is 0.354 e. The van der Waals surface area contributed by atoms with E-state index in [2.05, 4.69) is 54.1 Å². The molecule has 0 spiro atoms. The smallest absolute Gasteiger partial charge is 0.0776 e. The molecule has 2 nitrogen and oxygen atoms in total. The van der Waals surface area contributed by atoms with Gasteiger partial charge in [0.15, 0.2) is 0 Å². The summed E-state index contributed by atoms with van der Waals surface area (Å²) in [5, 5.41) is 3.51. The fourth-order valence-electron chi connectivity index (χ4n) is 1.99. The molecule has 1 N–H and O–H groups in total. The molecule has 0 aromatic heterocycles. The maximum Gasteiger partial charge on any atom is 0.0776 e. The molecule has 1 heterocycles. The van der Waals surface area contributed by atoms with Crippen molar-refractivity contribution in [2.45, 2.75) is 19.1 Å². The number of nitrogens with one attached hydrogen (secondary N) is 1. The first kappa shape index (κ1) is 9.28. The lowest BCUT2D eigenvalue weighted by atomic mass is 10.2. The Morgan fingerprint density at radius 1 is 1.50 bits per heavy atom. The molecule has 0 amide bonds. The van der Waals surface area contributed by atoms with Crippen LogP contribution in [0.1, 0.15) is 6.92 Å². The second kappa shape index (κ2) is 3.84. The molecule has 0 bridgehead atoms. The topological polar surface area (TPSA) is 15.3 Å². The van der Waals surface area contributed by atoms with E-state index < -0.39 is 0 Å². The molecular weight excluding hydrogens is 172 g/mol. The van der Waals surface area contributed by atoms with Crippen LogP contribution >= 0.6 is 0 Å². The van der Waals surface area contributed by atoms with Crippen molar-refractivity contribution in [1.29, 1.82) is 0 Å². The summed E-state index contributed by atoms with van der Waals surface area (Å²) < 4.78 is 0. The van der Waals surface area contributed by atoms with Crippen molar-refractivity contribution in [1.82, 2.24) is 10.2 Å². The lowest BCUT2D eigenvalue weighted by molar-refractivity contribution is 0.322. The zero-order valence-electron chi connectivity index (χ0n) is 8.48. The summed E-state index contributed by atoms with van der Waals surface area (Å²) in [7, 11) is 0. The fraction of sp³-hybridized carbons (Fsp3) is 0.333. The average molecular weight is 188 g/mol. The molecule has 74 valence electrons. The van der Waals surface area contributed by atoms with Gasteiger partial charge in [0.25, 0.3) is 0 Å². The molecule has 14 heavy (non-hydrogen) atoms. The van der Waals surface area contributed by atoms with Gasteiger partial charge in [0, 0.05) is 12.2 Å². The number of hydrogen-bond donors (Lipinski definition) is 1. The van der Waals surface area contributed by atoms with Gasteiger partial charge in [0.05, 0.1) is 12.2 Å². The molecular formula is C12H16N2. The Bertz CT molecular complexity index is 312. The van der Waals surface area contributed by atoms with Crippen LogP contribution in [0.2, 0.25) is 0 Å². The third-order valence-electron chi connectivity index (χ3n) is 2.66. The molecule has 2 atom stereocenters. The molecule has 0 saturated carbocycles. The lowest BCUT2D eigenvalue weighted by Gasteiger charge is -2.22. The minimum atomic E-state index is 0.361. The summed E-state index contributed by atoms with van der Waals surface area (Å²) in [4.78, 5) is 2.33. The molecule has 1 aliphatic carbocycles. The van der Waals surface area contributed by atoms with Crippen LogP contribution in [0.25, 0.3) is 0 Å². The van der Waals surface area contributed by atoms with Gasteiger partial charge in [-0.3, -0.25) is 5.32 Å². The molecule has 1 saturated heterocycles. The molecule has 2 unspecified atom stereocenters. The molecule has 1 fully saturated rings. The van der Waals surface area contributed by atoms with Gasteiger partial charge in [0.2, 0.25) is 0 Å². The molecule has 0 aromatic rings. The molecule has 2 aliphatic rings. The van der Waals surface area contributed by atoms with E-state index >= 15 is 0 Å². The van der Waals surface area contributed by atoms with Crippen molar-refractivity contribution in [3.05, 3.63) is 48.7 Å². The minimum absolute atomic E-state index is 0.361. The van der Waals surface area contributed by atoms with E-state index in [1.165, 1.54) is 5.70 Å². The van der Waals surface area contributed by atoms with Crippen LogP contribution in [0.3, 0.4) is 0 Å². The zero-order valence-corrected chi connectivity index (χ0v) is 8.48. The summed E-state index contributed by atoms with van der Waals surface area (Å²) in [6, 6.07) is 0.361. The van der Waals surface area contributed by atoms with Crippen molar-refractivity contribution in [3.8, 4) is 0 Å². The van der Waals surface area contributed by atoms with Crippen molar-refractivity contribution >= 4 is 0 Å². The number of allylic oxidation sites excluding steroid dienone is 4. The van der Waals surface area contributed by atoms with Gasteiger partial charge in [-0.25, -0.2) is 0 Å². The Kier molecular flexibility index (Phi) is 2.55. The zero-order chi connectivity index (χ0) is 9.97. The van der Waals surface area contributed by atoms with E-state index in [0.29, 0.717) is 12.2 Å². The lowest BCUT2D eigenvalue weighted by Crippen LogP contribution is -2.32. The van der Waals surface area contributed by atoms with Crippen LogP contribution in [0.5, 0.6) is 0 Å². The highest BCUT2D eigenvalue weighted by Gasteiger charge is 2.29. The Morgan fingerprint density at radius 2 is 2.36 bits per heavy atom. The van der Waals surface area contributed by atoms with Crippen LogP contribution in [0.15, 0.2) is 48.7 Å². The normalized spacial score (nSPS) is 29.8. The Hall–Kier alpha value is -1.28. The predicted molar refractivity (Wildman–Crippen MR) is 59.7 cm³/mol. The van der Waals surface area contributed by atoms with Gasteiger partial charge in [-0.1, -0.05) is 30.4 Å². The van der Waals surface area contributed by atoms with Crippen LogP contribution in [0.4, 0.5) is 0 Å². The van der Waals surface area contributed by atoms with E-state index in [0.717, 1.165) is 6.54 Å². The van der Waals surface area contributed by atoms with Gasteiger partial charge in [-0.15, -0.1) is 6.58 Å². The Morgan fingerprint density at radius 3 is 3.14 bits per heavy atom. The second-order valence-corrected chi connectivity index (χ2v) is 3.62. The van der Waals surface area contributed by atoms with E-state index in [1.807, 2.05) is 6.08 Å². The van der Waals surface area contributed by atoms with E-state index in [1.54, 1.807) is 0 Å². The minimum Gasteiger partial charge on any atom is -0.354 e. The highest BCUT2D eigenvalue weighted by molar-refractivity contribution is 5.32. The maximum atomic E-state index is 3.79. The van der Waals surface area contributed by atoms with Crippen LogP contribution in [-0.4, -0.2) is 23.7 Å². The summed E-state index contributed by atoms with van der Waals surface area (Å²) in [5.41, 5.74) is 1.34. The molecule has 2 heteroatoms. The molecule has 0 radical (unpaired) electrons. The third kappa shape index (κ3) is 1.53. The number of fused-ring (bicyclic) bond motifs is 1. The Labute approximate surface area is 85.3 Å². The van der Waals surface area contributed by atoms with Gasteiger partial charge >= 0.3 is 0 Å². The van der Waals surface area contributed by atoms with E-state index in [9.17, 15) is 0 Å². The fourth-order valence-corrected chi connectivity index (χ4v) is 1.99. The highest BCUT2D eigenvalue weighted by Crippen LogP contribution is 2.22. The van der Waals surface area contributed by atoms with Gasteiger partial charge < -0.3 is 4.90 Å². The summed E-state index contributed by atoms with van der Waals surface area (Å²) >= 11 is 0. The monoisotopic (exact) mass is 188 g/mol. The number of rotatable bonds is 2. The van der Waals surface area contributed by atoms with Crippen molar-refractivity contribution < 1.29 is 0 Å². The van der Waals surface area contributed by atoms with Crippen LogP contribution in [-0.2, 0) is 0 Å². The average Bonchev–Trinajstić information content (AvgIpc) is 2.39. The predicted octanol–water partition coefficient (Wildman–Crippen LogP) is 1.80. The number of nitrogens with zero attached hydrogens (tertiary/aromatic N) is 1. The summed E-state index contributed by atoms with van der Waals surface area (Å²) in [6.07, 6.45) is 12.9. The molecule has 0 aromatic carbocycles. The van der Waals surface area contributed by atoms with Crippen molar-refractivity contribution in [3.63, 3.8) is 0 Å². The van der Waals surface area contributed by atoms with Crippen molar-refractivity contribution in [2.24, 2.45) is 0 Å². The van der Waals surface area contributed by atoms with Crippen LogP contribution < -0.4 is 5.32 Å². The van der Waals surface area contributed by atoms with E-state index in [4.69, 9.17) is 0 Å². The Balaban J connectivity index is 2.26. The first-order valence-corrected chi connectivity index (χ1v) is 5.01. The molecule has 2 rings (SSSR count). The van der Waals surface area contributed by atoms with Gasteiger partial charge in [0.1, 0.15) is 0 Å². The first-order chi connectivity index (χ1) is 6.83. The standard InChI is InChI=1S/C12H16N2/c1-3-9-14-10(2)13-11-7-5-4-6-8-12(11)14/h3-8,10-11,13H,1,9H2,2H3. The SMILES string of the molecule is C=CCN1C2=CC=CC=CC2NC1C. The van der Waals surface area contributed by atoms with Gasteiger partial charge in [-0.05, 0) is 13.0 Å². The van der Waals surface area contributed by atoms with Crippen LogP contribution in [0, 0.1) is 0 Å². The summed E-state index contributed by atoms with van der Waals surface area (Å²) in [6.45, 7) is 6.87. The third-order valence-corrected chi connectivity index (χ3v) is 2.66. The first-order valence-electron chi connectivity index (χ1n) is 5.01. The number of hydrogen-bond acceptors (Lipinski definition) is 2. The maximum absolute atomic E-state index is 3.79. The summed E-state index contributed by atoms with van der Waals surface area (Å²) in [5.74, 6) is 0. The molecule has 1 aliphatic heterocycles. The van der Waals surface area contributed by atoms with E-state index in [-0.39, 0.29) is 0 Å². The van der Waals surface area contributed by atoms with Gasteiger partial charge in [-0.2, -0.15) is 0 Å². The quantitative estimate of drug-likeness (QED) is 0.665. The highest BCUT2D eigenvalue weighted by atomic mass is 15.3. The second-order valence-electron chi connectivity index (χ2n) is 3.62. The van der Waals surface area contributed by atoms with Crippen molar-refractivity contribution in [2.75, 3.05) is 6.54 Å².